The normalized spacial score (nSPS) is 11.6. The van der Waals surface area contributed by atoms with Crippen LogP contribution in [0.4, 0.5) is 4.39 Å². The second kappa shape index (κ2) is 6.83. The second-order valence-corrected chi connectivity index (χ2v) is 5.53. The highest BCUT2D eigenvalue weighted by molar-refractivity contribution is 5.76. The lowest BCUT2D eigenvalue weighted by molar-refractivity contribution is 0.387. The molecule has 0 radical (unpaired) electrons. The first-order valence-electron chi connectivity index (χ1n) is 7.82. The Labute approximate surface area is 149 Å². The highest BCUT2D eigenvalue weighted by atomic mass is 19.1. The summed E-state index contributed by atoms with van der Waals surface area (Å²) in [6, 6.07) is 5.80. The van der Waals surface area contributed by atoms with Crippen LogP contribution in [0.15, 0.2) is 46.4 Å². The van der Waals surface area contributed by atoms with Crippen LogP contribution in [0.3, 0.4) is 0 Å². The van der Waals surface area contributed by atoms with Crippen LogP contribution in [0.1, 0.15) is 12.5 Å². The van der Waals surface area contributed by atoms with Crippen molar-refractivity contribution in [1.29, 1.82) is 0 Å². The number of rotatable bonds is 5. The maximum absolute atomic E-state index is 13.7. The van der Waals surface area contributed by atoms with Crippen LogP contribution in [0.5, 0.6) is 5.75 Å². The van der Waals surface area contributed by atoms with Gasteiger partial charge in [0.25, 0.3) is 5.56 Å². The quantitative estimate of drug-likeness (QED) is 0.564. The molecule has 0 unspecified atom stereocenters. The van der Waals surface area contributed by atoms with Gasteiger partial charge in [0, 0.05) is 25.4 Å². The number of allylic oxidation sites excluding steroid dienone is 1. The molecule has 0 amide bonds. The predicted molar refractivity (Wildman–Crippen MR) is 98.7 cm³/mol. The molecule has 0 aliphatic heterocycles. The third-order valence-electron chi connectivity index (χ3n) is 4.07. The molecule has 3 rings (SSSR count). The van der Waals surface area contributed by atoms with Crippen molar-refractivity contribution in [2.75, 3.05) is 14.2 Å². The molecule has 7 nitrogen and oxygen atoms in total. The van der Waals surface area contributed by atoms with E-state index in [9.17, 15) is 9.18 Å². The molecule has 0 aliphatic rings. The molecule has 3 aromatic rings. The average molecular weight is 355 g/mol. The van der Waals surface area contributed by atoms with Crippen LogP contribution in [-0.2, 0) is 0 Å². The Morgan fingerprint density at radius 3 is 2.88 bits per heavy atom. The maximum atomic E-state index is 13.7. The number of aromatic amines is 1. The van der Waals surface area contributed by atoms with Crippen molar-refractivity contribution < 1.29 is 9.13 Å². The number of hydrogen-bond acceptors (Lipinski definition) is 5. The number of ether oxygens (including phenoxy) is 1. The van der Waals surface area contributed by atoms with E-state index in [0.29, 0.717) is 22.5 Å². The summed E-state index contributed by atoms with van der Waals surface area (Å²) >= 11 is 0. The van der Waals surface area contributed by atoms with Gasteiger partial charge in [-0.25, -0.2) is 4.39 Å². The monoisotopic (exact) mass is 355 g/mol. The number of halogens is 1. The zero-order valence-corrected chi connectivity index (χ0v) is 14.7. The smallest absolute Gasteiger partial charge is 0.274 e. The van der Waals surface area contributed by atoms with Gasteiger partial charge < -0.3 is 9.72 Å². The standard InChI is InChI=1S/C18H18FN5O2/c1-5-15(23(3)20-2)12-10-21-24-17(25)9-14(22-18(12)24)11-6-7-13(19)16(8-11)26-4/h5-10,22H,2H2,1,3-4H3/b15-5-. The summed E-state index contributed by atoms with van der Waals surface area (Å²) in [5.74, 6) is -0.374. The fraction of sp³-hybridized carbons (Fsp3) is 0.167. The van der Waals surface area contributed by atoms with Crippen LogP contribution in [0, 0.1) is 5.82 Å². The molecule has 0 spiro atoms. The minimum Gasteiger partial charge on any atom is -0.494 e. The molecule has 0 saturated heterocycles. The summed E-state index contributed by atoms with van der Waals surface area (Å²) in [6.45, 7) is 5.37. The molecular formula is C18H18FN5O2. The van der Waals surface area contributed by atoms with Gasteiger partial charge in [-0.05, 0) is 25.1 Å². The van der Waals surface area contributed by atoms with E-state index in [0.717, 1.165) is 5.70 Å². The van der Waals surface area contributed by atoms with E-state index >= 15 is 0 Å². The number of nitrogens with one attached hydrogen (secondary N) is 1. The van der Waals surface area contributed by atoms with Gasteiger partial charge in [0.15, 0.2) is 11.6 Å². The minimum atomic E-state index is -0.473. The summed E-state index contributed by atoms with van der Waals surface area (Å²) in [5, 5.41) is 9.62. The van der Waals surface area contributed by atoms with Crippen LogP contribution in [0.25, 0.3) is 22.6 Å². The first-order chi connectivity index (χ1) is 12.5. The van der Waals surface area contributed by atoms with Gasteiger partial charge in [0.1, 0.15) is 5.65 Å². The van der Waals surface area contributed by atoms with Gasteiger partial charge in [0.2, 0.25) is 0 Å². The zero-order valence-electron chi connectivity index (χ0n) is 14.7. The number of fused-ring (bicyclic) bond motifs is 1. The van der Waals surface area contributed by atoms with Gasteiger partial charge in [-0.2, -0.15) is 14.7 Å². The molecule has 0 fully saturated rings. The molecule has 8 heteroatoms. The van der Waals surface area contributed by atoms with Gasteiger partial charge in [-0.15, -0.1) is 0 Å². The van der Waals surface area contributed by atoms with E-state index in [1.165, 1.54) is 29.8 Å². The summed E-state index contributed by atoms with van der Waals surface area (Å²) in [4.78, 5) is 15.7. The van der Waals surface area contributed by atoms with Crippen molar-refractivity contribution in [3.05, 3.63) is 58.3 Å². The van der Waals surface area contributed by atoms with Gasteiger partial charge in [-0.3, -0.25) is 9.80 Å². The van der Waals surface area contributed by atoms with Crippen molar-refractivity contribution in [2.24, 2.45) is 5.10 Å². The molecule has 134 valence electrons. The van der Waals surface area contributed by atoms with Crippen molar-refractivity contribution in [1.82, 2.24) is 19.6 Å². The topological polar surface area (TPSA) is 75.0 Å². The lowest BCUT2D eigenvalue weighted by Gasteiger charge is -2.15. The highest BCUT2D eigenvalue weighted by Gasteiger charge is 2.16. The molecule has 0 saturated carbocycles. The number of benzene rings is 1. The lowest BCUT2D eigenvalue weighted by atomic mass is 10.1. The van der Waals surface area contributed by atoms with E-state index < -0.39 is 5.82 Å². The Hall–Kier alpha value is -3.42. The van der Waals surface area contributed by atoms with E-state index in [-0.39, 0.29) is 11.3 Å². The third-order valence-corrected chi connectivity index (χ3v) is 4.07. The number of nitrogens with zero attached hydrogens (tertiary/aromatic N) is 4. The Bertz CT molecular complexity index is 1070. The Morgan fingerprint density at radius 1 is 1.46 bits per heavy atom. The number of hydrazone groups is 1. The van der Waals surface area contributed by atoms with Crippen LogP contribution < -0.4 is 10.3 Å². The first kappa shape index (κ1) is 17.4. The van der Waals surface area contributed by atoms with E-state index in [2.05, 4.69) is 21.9 Å². The highest BCUT2D eigenvalue weighted by Crippen LogP contribution is 2.26. The molecule has 2 aromatic heterocycles. The fourth-order valence-corrected chi connectivity index (χ4v) is 2.75. The Balaban J connectivity index is 2.23. The largest absolute Gasteiger partial charge is 0.494 e. The van der Waals surface area contributed by atoms with E-state index in [1.54, 1.807) is 24.3 Å². The Kier molecular flexibility index (Phi) is 4.57. The first-order valence-corrected chi connectivity index (χ1v) is 7.82. The van der Waals surface area contributed by atoms with Gasteiger partial charge >= 0.3 is 0 Å². The summed E-state index contributed by atoms with van der Waals surface area (Å²) in [5.41, 5.74) is 2.75. The van der Waals surface area contributed by atoms with Gasteiger partial charge in [0.05, 0.1) is 30.3 Å². The summed E-state index contributed by atoms with van der Waals surface area (Å²) < 4.78 is 20.0. The minimum absolute atomic E-state index is 0.0988. The van der Waals surface area contributed by atoms with Crippen molar-refractivity contribution >= 4 is 18.1 Å². The zero-order chi connectivity index (χ0) is 18.8. The SMILES string of the molecule is C=NN(C)/C(=C\C)c1cnn2c(=O)cc(-c3ccc(F)c(OC)c3)[nH]c12. The Morgan fingerprint density at radius 2 is 2.23 bits per heavy atom. The molecule has 1 aromatic carbocycles. The molecular weight excluding hydrogens is 337 g/mol. The predicted octanol–water partition coefficient (Wildman–Crippen LogP) is 2.75. The number of H-pyrrole nitrogens is 1. The number of methoxy groups -OCH3 is 1. The molecule has 0 atom stereocenters. The van der Waals surface area contributed by atoms with Crippen molar-refractivity contribution in [3.8, 4) is 17.0 Å². The van der Waals surface area contributed by atoms with Crippen LogP contribution >= 0.6 is 0 Å². The van der Waals surface area contributed by atoms with E-state index in [4.69, 9.17) is 4.74 Å². The van der Waals surface area contributed by atoms with E-state index in [1.807, 2.05) is 13.0 Å². The molecule has 2 heterocycles. The average Bonchev–Trinajstić information content (AvgIpc) is 3.07. The summed E-state index contributed by atoms with van der Waals surface area (Å²) in [7, 11) is 3.14. The molecule has 26 heavy (non-hydrogen) atoms. The maximum Gasteiger partial charge on any atom is 0.274 e. The van der Waals surface area contributed by atoms with Crippen molar-refractivity contribution in [3.63, 3.8) is 0 Å². The fourth-order valence-electron chi connectivity index (χ4n) is 2.75. The summed E-state index contributed by atoms with van der Waals surface area (Å²) in [6.07, 6.45) is 3.43. The lowest BCUT2D eigenvalue weighted by Crippen LogP contribution is -2.15. The van der Waals surface area contributed by atoms with Gasteiger partial charge in [-0.1, -0.05) is 6.08 Å². The number of aromatic nitrogens is 3. The van der Waals surface area contributed by atoms with Crippen molar-refractivity contribution in [2.45, 2.75) is 6.92 Å². The molecule has 0 aliphatic carbocycles. The van der Waals surface area contributed by atoms with Crippen LogP contribution in [0.2, 0.25) is 0 Å². The third kappa shape index (κ3) is 2.85. The second-order valence-electron chi connectivity index (χ2n) is 5.53. The van der Waals surface area contributed by atoms with Crippen LogP contribution in [-0.4, -0.2) is 40.5 Å². The molecule has 1 N–H and O–H groups in total. The number of hydrogen-bond donors (Lipinski definition) is 1. The molecule has 0 bridgehead atoms.